The number of nitrogens with zero attached hydrogens (tertiary/aromatic N) is 2. The van der Waals surface area contributed by atoms with E-state index in [2.05, 4.69) is 20.8 Å². The van der Waals surface area contributed by atoms with Crippen LogP contribution in [0.15, 0.2) is 4.34 Å². The average molecular weight is 300 g/mol. The number of amides is 1. The van der Waals surface area contributed by atoms with E-state index in [1.807, 2.05) is 27.7 Å². The van der Waals surface area contributed by atoms with Crippen LogP contribution in [0, 0.1) is 0 Å². The van der Waals surface area contributed by atoms with Crippen LogP contribution in [0.1, 0.15) is 40.5 Å². The summed E-state index contributed by atoms with van der Waals surface area (Å²) in [5.74, 6) is 0.0319. The molecule has 1 atom stereocenters. The highest BCUT2D eigenvalue weighted by Crippen LogP contribution is 2.32. The minimum atomic E-state index is -0.203. The van der Waals surface area contributed by atoms with Gasteiger partial charge in [-0.25, -0.2) is 0 Å². The zero-order chi connectivity index (χ0) is 14.0. The van der Waals surface area contributed by atoms with Gasteiger partial charge in [0.25, 0.3) is 0 Å². The molecule has 1 aromatic heterocycles. The van der Waals surface area contributed by atoms with Gasteiger partial charge < -0.3 is 10.6 Å². The third-order valence-electron chi connectivity index (χ3n) is 2.46. The molecule has 1 heterocycles. The van der Waals surface area contributed by atoms with E-state index in [1.165, 1.54) is 35.9 Å². The molecule has 1 fully saturated rings. The molecule has 0 aromatic carbocycles. The fraction of sp³-hybridized carbons (Fsp3) is 0.750. The molecule has 0 aliphatic heterocycles. The van der Waals surface area contributed by atoms with Crippen molar-refractivity contribution in [1.82, 2.24) is 15.5 Å². The monoisotopic (exact) mass is 300 g/mol. The van der Waals surface area contributed by atoms with E-state index in [-0.39, 0.29) is 16.7 Å². The Kier molecular flexibility index (Phi) is 4.35. The Morgan fingerprint density at radius 1 is 1.42 bits per heavy atom. The number of carbonyl (C=O) groups is 1. The molecule has 5 nitrogen and oxygen atoms in total. The van der Waals surface area contributed by atoms with Gasteiger partial charge in [0.1, 0.15) is 0 Å². The van der Waals surface area contributed by atoms with E-state index in [0.29, 0.717) is 6.04 Å². The summed E-state index contributed by atoms with van der Waals surface area (Å²) in [6, 6.07) is 0.576. The van der Waals surface area contributed by atoms with E-state index < -0.39 is 0 Å². The first-order chi connectivity index (χ1) is 8.83. The molecule has 0 bridgehead atoms. The summed E-state index contributed by atoms with van der Waals surface area (Å²) < 4.78 is 0.833. The maximum Gasteiger partial charge on any atom is 0.233 e. The first-order valence-electron chi connectivity index (χ1n) is 6.42. The quantitative estimate of drug-likeness (QED) is 0.818. The Labute approximate surface area is 122 Å². The van der Waals surface area contributed by atoms with Crippen LogP contribution >= 0.6 is 23.1 Å². The van der Waals surface area contributed by atoms with Gasteiger partial charge in [-0.2, -0.15) is 0 Å². The summed E-state index contributed by atoms with van der Waals surface area (Å²) in [6.07, 6.45) is 2.43. The first-order valence-corrected chi connectivity index (χ1v) is 8.12. The molecule has 0 spiro atoms. The van der Waals surface area contributed by atoms with Crippen molar-refractivity contribution in [2.24, 2.45) is 0 Å². The molecule has 1 unspecified atom stereocenters. The number of aromatic nitrogens is 2. The summed E-state index contributed by atoms with van der Waals surface area (Å²) in [5.41, 5.74) is -0.203. The third kappa shape index (κ3) is 4.99. The molecule has 0 radical (unpaired) electrons. The summed E-state index contributed by atoms with van der Waals surface area (Å²) in [4.78, 5) is 12.0. The zero-order valence-electron chi connectivity index (χ0n) is 11.7. The largest absolute Gasteiger partial charge is 0.357 e. The summed E-state index contributed by atoms with van der Waals surface area (Å²) in [6.45, 7) is 7.82. The smallest absolute Gasteiger partial charge is 0.233 e. The van der Waals surface area contributed by atoms with Gasteiger partial charge in [-0.15, -0.1) is 10.2 Å². The number of nitrogens with one attached hydrogen (secondary N) is 2. The normalized spacial score (nSPS) is 17.1. The van der Waals surface area contributed by atoms with Crippen molar-refractivity contribution in [2.45, 2.75) is 61.7 Å². The fourth-order valence-corrected chi connectivity index (χ4v) is 3.37. The molecule has 106 valence electrons. The van der Waals surface area contributed by atoms with Crippen LogP contribution in [-0.2, 0) is 4.79 Å². The van der Waals surface area contributed by atoms with Gasteiger partial charge >= 0.3 is 0 Å². The molecule has 1 amide bonds. The number of hydrogen-bond acceptors (Lipinski definition) is 6. The van der Waals surface area contributed by atoms with Crippen molar-refractivity contribution in [1.29, 1.82) is 0 Å². The third-order valence-corrected chi connectivity index (χ3v) is 4.50. The second-order valence-corrected chi connectivity index (χ2v) is 8.36. The number of anilines is 1. The predicted octanol–water partition coefficient (Wildman–Crippen LogP) is 2.51. The second kappa shape index (κ2) is 5.66. The lowest BCUT2D eigenvalue weighted by atomic mass is 10.1. The van der Waals surface area contributed by atoms with Gasteiger partial charge in [0, 0.05) is 11.6 Å². The summed E-state index contributed by atoms with van der Waals surface area (Å²) >= 11 is 2.97. The van der Waals surface area contributed by atoms with E-state index in [4.69, 9.17) is 0 Å². The van der Waals surface area contributed by atoms with Gasteiger partial charge in [0.15, 0.2) is 4.34 Å². The SMILES string of the molecule is CC(Sc1nnc(NC2CC2)s1)C(=O)NC(C)(C)C. The standard InChI is InChI=1S/C12H20N4OS2/c1-7(9(17)14-12(2,3)4)18-11-16-15-10(19-11)13-8-5-6-8/h7-8H,5-6H2,1-4H3,(H,13,15)(H,14,17). The summed E-state index contributed by atoms with van der Waals surface area (Å²) in [7, 11) is 0. The van der Waals surface area contributed by atoms with Crippen LogP contribution in [0.2, 0.25) is 0 Å². The van der Waals surface area contributed by atoms with E-state index in [0.717, 1.165) is 9.47 Å². The number of hydrogen-bond donors (Lipinski definition) is 2. The molecule has 1 aromatic rings. The van der Waals surface area contributed by atoms with Gasteiger partial charge in [-0.3, -0.25) is 4.79 Å². The van der Waals surface area contributed by atoms with E-state index in [1.54, 1.807) is 0 Å². The lowest BCUT2D eigenvalue weighted by molar-refractivity contribution is -0.121. The van der Waals surface area contributed by atoms with Crippen LogP contribution in [0.3, 0.4) is 0 Å². The number of carbonyl (C=O) groups excluding carboxylic acids is 1. The minimum Gasteiger partial charge on any atom is -0.357 e. The molecule has 1 aliphatic carbocycles. The molecule has 1 aliphatic rings. The average Bonchev–Trinajstić information content (AvgIpc) is 2.96. The maximum absolute atomic E-state index is 12.0. The summed E-state index contributed by atoms with van der Waals surface area (Å²) in [5, 5.41) is 15.2. The molecule has 1 saturated carbocycles. The van der Waals surface area contributed by atoms with Crippen molar-refractivity contribution in [3.8, 4) is 0 Å². The van der Waals surface area contributed by atoms with Gasteiger partial charge in [-0.05, 0) is 40.5 Å². The molecule has 2 rings (SSSR count). The topological polar surface area (TPSA) is 66.9 Å². The van der Waals surface area contributed by atoms with Crippen molar-refractivity contribution in [3.05, 3.63) is 0 Å². The van der Waals surface area contributed by atoms with Crippen molar-refractivity contribution in [2.75, 3.05) is 5.32 Å². The molecule has 0 saturated heterocycles. The maximum atomic E-state index is 12.0. The molecule has 2 N–H and O–H groups in total. The van der Waals surface area contributed by atoms with Gasteiger partial charge in [-0.1, -0.05) is 23.1 Å². The number of thioether (sulfide) groups is 1. The Morgan fingerprint density at radius 2 is 2.11 bits per heavy atom. The van der Waals surface area contributed by atoms with Crippen LogP contribution < -0.4 is 10.6 Å². The fourth-order valence-electron chi connectivity index (χ4n) is 1.39. The van der Waals surface area contributed by atoms with Crippen LogP contribution in [-0.4, -0.2) is 32.9 Å². The van der Waals surface area contributed by atoms with Crippen LogP contribution in [0.4, 0.5) is 5.13 Å². The highest BCUT2D eigenvalue weighted by molar-refractivity contribution is 8.02. The number of rotatable bonds is 5. The molecule has 19 heavy (non-hydrogen) atoms. The van der Waals surface area contributed by atoms with Crippen LogP contribution in [0.5, 0.6) is 0 Å². The lowest BCUT2D eigenvalue weighted by Crippen LogP contribution is -2.44. The second-order valence-electron chi connectivity index (χ2n) is 5.79. The Morgan fingerprint density at radius 3 is 2.68 bits per heavy atom. The van der Waals surface area contributed by atoms with Crippen molar-refractivity contribution >= 4 is 34.1 Å². The Hall–Kier alpha value is -0.820. The molecular weight excluding hydrogens is 280 g/mol. The van der Waals surface area contributed by atoms with Crippen molar-refractivity contribution < 1.29 is 4.79 Å². The Balaban J connectivity index is 1.85. The van der Waals surface area contributed by atoms with Gasteiger partial charge in [0.2, 0.25) is 11.0 Å². The lowest BCUT2D eigenvalue weighted by Gasteiger charge is -2.22. The van der Waals surface area contributed by atoms with Crippen molar-refractivity contribution in [3.63, 3.8) is 0 Å². The molecule has 7 heteroatoms. The zero-order valence-corrected chi connectivity index (χ0v) is 13.3. The highest BCUT2D eigenvalue weighted by Gasteiger charge is 2.24. The highest BCUT2D eigenvalue weighted by atomic mass is 32.2. The minimum absolute atomic E-state index is 0.0319. The Bertz CT molecular complexity index is 451. The predicted molar refractivity (Wildman–Crippen MR) is 79.8 cm³/mol. The van der Waals surface area contributed by atoms with Crippen LogP contribution in [0.25, 0.3) is 0 Å². The van der Waals surface area contributed by atoms with E-state index in [9.17, 15) is 4.79 Å². The first kappa shape index (κ1) is 14.6. The van der Waals surface area contributed by atoms with Gasteiger partial charge in [0.05, 0.1) is 5.25 Å². The van der Waals surface area contributed by atoms with E-state index >= 15 is 0 Å². The molecular formula is C12H20N4OS2.